The summed E-state index contributed by atoms with van der Waals surface area (Å²) in [4.78, 5) is 14.2. The molecule has 1 fully saturated rings. The monoisotopic (exact) mass is 325 g/mol. The molecule has 0 radical (unpaired) electrons. The maximum atomic E-state index is 12.0. The maximum Gasteiger partial charge on any atom is 0.238 e. The van der Waals surface area contributed by atoms with Gasteiger partial charge in [-0.25, -0.2) is 0 Å². The first-order chi connectivity index (χ1) is 9.19. The highest BCUT2D eigenvalue weighted by Crippen LogP contribution is 2.21. The predicted molar refractivity (Wildman–Crippen MR) is 81.3 cm³/mol. The van der Waals surface area contributed by atoms with Gasteiger partial charge in [0.15, 0.2) is 0 Å². The average molecular weight is 326 g/mol. The van der Waals surface area contributed by atoms with Crippen LogP contribution in [-0.4, -0.2) is 43.5 Å². The van der Waals surface area contributed by atoms with Crippen molar-refractivity contribution in [1.29, 1.82) is 0 Å². The Labute approximate surface area is 122 Å². The Kier molecular flexibility index (Phi) is 5.36. The van der Waals surface area contributed by atoms with Crippen molar-refractivity contribution in [2.24, 2.45) is 0 Å². The van der Waals surface area contributed by atoms with Gasteiger partial charge in [0.1, 0.15) is 0 Å². The summed E-state index contributed by atoms with van der Waals surface area (Å²) in [6, 6.07) is 8.27. The Balaban J connectivity index is 1.81. The first-order valence-corrected chi connectivity index (χ1v) is 7.42. The minimum Gasteiger partial charge on any atom is -0.324 e. The third kappa shape index (κ3) is 4.30. The fraction of sp³-hybridized carbons (Fsp3) is 0.500. The Morgan fingerprint density at radius 2 is 2.05 bits per heavy atom. The molecule has 0 bridgehead atoms. The number of para-hydroxylation sites is 1. The van der Waals surface area contributed by atoms with E-state index in [2.05, 4.69) is 31.5 Å². The molecule has 0 spiro atoms. The Hall–Kier alpha value is -0.910. The minimum atomic E-state index is 0.0507. The van der Waals surface area contributed by atoms with Gasteiger partial charge >= 0.3 is 0 Å². The number of carbonyl (C=O) groups is 1. The topological polar surface area (TPSA) is 44.4 Å². The average Bonchev–Trinajstić information content (AvgIpc) is 2.42. The quantitative estimate of drug-likeness (QED) is 0.890. The van der Waals surface area contributed by atoms with Crippen LogP contribution >= 0.6 is 15.9 Å². The lowest BCUT2D eigenvalue weighted by Crippen LogP contribution is -2.44. The van der Waals surface area contributed by atoms with Gasteiger partial charge in [-0.3, -0.25) is 9.69 Å². The van der Waals surface area contributed by atoms with Crippen molar-refractivity contribution in [2.75, 3.05) is 32.0 Å². The van der Waals surface area contributed by atoms with Crippen LogP contribution < -0.4 is 10.6 Å². The molecule has 2 N–H and O–H groups in total. The lowest BCUT2D eigenvalue weighted by atomic mass is 10.1. The smallest absolute Gasteiger partial charge is 0.238 e. The van der Waals surface area contributed by atoms with Crippen molar-refractivity contribution >= 4 is 27.5 Å². The molecule has 0 saturated carbocycles. The molecule has 0 unspecified atom stereocenters. The normalized spacial score (nSPS) is 17.4. The molecule has 1 amide bonds. The third-order valence-electron chi connectivity index (χ3n) is 3.51. The number of rotatable bonds is 4. The summed E-state index contributed by atoms with van der Waals surface area (Å²) in [5, 5.41) is 6.23. The van der Waals surface area contributed by atoms with Crippen LogP contribution in [0.2, 0.25) is 0 Å². The van der Waals surface area contributed by atoms with Crippen molar-refractivity contribution in [3.05, 3.63) is 28.7 Å². The van der Waals surface area contributed by atoms with E-state index in [0.717, 1.165) is 36.1 Å². The number of nitrogens with one attached hydrogen (secondary N) is 2. The molecule has 1 aromatic rings. The second-order valence-corrected chi connectivity index (χ2v) is 5.72. The molecule has 0 aliphatic carbocycles. The summed E-state index contributed by atoms with van der Waals surface area (Å²) >= 11 is 3.43. The molecule has 1 aliphatic rings. The largest absolute Gasteiger partial charge is 0.324 e. The minimum absolute atomic E-state index is 0.0507. The number of carbonyl (C=O) groups excluding carboxylic acids is 1. The number of amides is 1. The molecule has 5 heteroatoms. The van der Waals surface area contributed by atoms with Gasteiger partial charge in [0.25, 0.3) is 0 Å². The third-order valence-corrected chi connectivity index (χ3v) is 4.20. The second kappa shape index (κ2) is 7.03. The molecule has 1 heterocycles. The SMILES string of the molecule is CNC1CCN(CC(=O)Nc2ccccc2Br)CC1. The zero-order valence-electron chi connectivity index (χ0n) is 11.2. The summed E-state index contributed by atoms with van der Waals surface area (Å²) in [5.74, 6) is 0.0507. The van der Waals surface area contributed by atoms with E-state index in [4.69, 9.17) is 0 Å². The zero-order valence-corrected chi connectivity index (χ0v) is 12.7. The van der Waals surface area contributed by atoms with E-state index in [1.165, 1.54) is 0 Å². The molecular formula is C14H20BrN3O. The highest BCUT2D eigenvalue weighted by molar-refractivity contribution is 9.10. The van der Waals surface area contributed by atoms with Crippen LogP contribution in [0.25, 0.3) is 0 Å². The van der Waals surface area contributed by atoms with Crippen LogP contribution in [0.3, 0.4) is 0 Å². The van der Waals surface area contributed by atoms with E-state index in [-0.39, 0.29) is 5.91 Å². The molecule has 4 nitrogen and oxygen atoms in total. The van der Waals surface area contributed by atoms with Gasteiger partial charge in [0.05, 0.1) is 12.2 Å². The first kappa shape index (κ1) is 14.5. The lowest BCUT2D eigenvalue weighted by molar-refractivity contribution is -0.117. The zero-order chi connectivity index (χ0) is 13.7. The number of likely N-dealkylation sites (tertiary alicyclic amines) is 1. The number of halogens is 1. The van der Waals surface area contributed by atoms with Crippen molar-refractivity contribution in [3.63, 3.8) is 0 Å². The first-order valence-electron chi connectivity index (χ1n) is 6.63. The molecular weight excluding hydrogens is 306 g/mol. The van der Waals surface area contributed by atoms with Crippen molar-refractivity contribution in [1.82, 2.24) is 10.2 Å². The predicted octanol–water partition coefficient (Wildman–Crippen LogP) is 2.07. The number of nitrogens with zero attached hydrogens (tertiary/aromatic N) is 1. The number of hydrogen-bond donors (Lipinski definition) is 2. The molecule has 2 rings (SSSR count). The van der Waals surface area contributed by atoms with Crippen molar-refractivity contribution in [2.45, 2.75) is 18.9 Å². The lowest BCUT2D eigenvalue weighted by Gasteiger charge is -2.31. The maximum absolute atomic E-state index is 12.0. The summed E-state index contributed by atoms with van der Waals surface area (Å²) < 4.78 is 0.914. The summed E-state index contributed by atoms with van der Waals surface area (Å²) in [6.45, 7) is 2.43. The van der Waals surface area contributed by atoms with Gasteiger partial charge in [0.2, 0.25) is 5.91 Å². The summed E-state index contributed by atoms with van der Waals surface area (Å²) in [5.41, 5.74) is 0.831. The fourth-order valence-electron chi connectivity index (χ4n) is 2.34. The number of benzene rings is 1. The molecule has 19 heavy (non-hydrogen) atoms. The summed E-state index contributed by atoms with van der Waals surface area (Å²) in [7, 11) is 2.00. The number of hydrogen-bond acceptors (Lipinski definition) is 3. The van der Waals surface area contributed by atoms with Crippen LogP contribution in [0.4, 0.5) is 5.69 Å². The highest BCUT2D eigenvalue weighted by atomic mass is 79.9. The Morgan fingerprint density at radius 1 is 1.37 bits per heavy atom. The Morgan fingerprint density at radius 3 is 2.68 bits per heavy atom. The summed E-state index contributed by atoms with van der Waals surface area (Å²) in [6.07, 6.45) is 2.22. The molecule has 0 aromatic heterocycles. The van der Waals surface area contributed by atoms with Gasteiger partial charge in [-0.05, 0) is 48.0 Å². The van der Waals surface area contributed by atoms with Gasteiger partial charge in [-0.15, -0.1) is 0 Å². The van der Waals surface area contributed by atoms with Crippen molar-refractivity contribution < 1.29 is 4.79 Å². The van der Waals surface area contributed by atoms with Crippen LogP contribution in [0.5, 0.6) is 0 Å². The molecule has 1 saturated heterocycles. The number of anilines is 1. The van der Waals surface area contributed by atoms with Crippen molar-refractivity contribution in [3.8, 4) is 0 Å². The molecule has 0 atom stereocenters. The van der Waals surface area contributed by atoms with E-state index in [1.807, 2.05) is 31.3 Å². The molecule has 1 aromatic carbocycles. The second-order valence-electron chi connectivity index (χ2n) is 4.87. The van der Waals surface area contributed by atoms with Gasteiger partial charge in [-0.1, -0.05) is 12.1 Å². The molecule has 1 aliphatic heterocycles. The van der Waals surface area contributed by atoms with Gasteiger partial charge in [-0.2, -0.15) is 0 Å². The van der Waals surface area contributed by atoms with E-state index in [1.54, 1.807) is 0 Å². The van der Waals surface area contributed by atoms with Gasteiger partial charge < -0.3 is 10.6 Å². The van der Waals surface area contributed by atoms with Crippen LogP contribution in [0.1, 0.15) is 12.8 Å². The van der Waals surface area contributed by atoms with Crippen LogP contribution in [-0.2, 0) is 4.79 Å². The number of piperidine rings is 1. The van der Waals surface area contributed by atoms with E-state index in [0.29, 0.717) is 12.6 Å². The highest BCUT2D eigenvalue weighted by Gasteiger charge is 2.19. The van der Waals surface area contributed by atoms with E-state index in [9.17, 15) is 4.79 Å². The van der Waals surface area contributed by atoms with Crippen LogP contribution in [0, 0.1) is 0 Å². The standard InChI is InChI=1S/C14H20BrN3O/c1-16-11-6-8-18(9-7-11)10-14(19)17-13-5-3-2-4-12(13)15/h2-5,11,16H,6-10H2,1H3,(H,17,19). The Bertz CT molecular complexity index is 430. The molecule has 104 valence electrons. The van der Waals surface area contributed by atoms with Crippen LogP contribution in [0.15, 0.2) is 28.7 Å². The fourth-order valence-corrected chi connectivity index (χ4v) is 2.72. The van der Waals surface area contributed by atoms with E-state index >= 15 is 0 Å². The van der Waals surface area contributed by atoms with E-state index < -0.39 is 0 Å². The van der Waals surface area contributed by atoms with Gasteiger partial charge in [0, 0.05) is 23.6 Å².